The van der Waals surface area contributed by atoms with Crippen LogP contribution in [0.15, 0.2) is 93.1 Å². The van der Waals surface area contributed by atoms with Gasteiger partial charge in [-0.05, 0) is 48.9 Å². The molecule has 33 heavy (non-hydrogen) atoms. The molecular formula is C26H19BrN2O4. The van der Waals surface area contributed by atoms with Crippen molar-refractivity contribution in [2.75, 3.05) is 0 Å². The van der Waals surface area contributed by atoms with E-state index in [1.54, 1.807) is 30.5 Å². The molecule has 1 aliphatic rings. The lowest BCUT2D eigenvalue weighted by molar-refractivity contribution is -0.130. The van der Waals surface area contributed by atoms with Crippen molar-refractivity contribution in [2.24, 2.45) is 0 Å². The number of carbonyl (C=O) groups is 2. The van der Waals surface area contributed by atoms with E-state index in [2.05, 4.69) is 20.9 Å². The van der Waals surface area contributed by atoms with Gasteiger partial charge in [-0.3, -0.25) is 14.6 Å². The highest BCUT2D eigenvalue weighted by Crippen LogP contribution is 2.40. The van der Waals surface area contributed by atoms with E-state index in [9.17, 15) is 14.7 Å². The predicted octanol–water partition coefficient (Wildman–Crippen LogP) is 5.68. The van der Waals surface area contributed by atoms with Gasteiger partial charge in [-0.25, -0.2) is 0 Å². The molecule has 0 aliphatic carbocycles. The number of aliphatic hydroxyl groups excluding tert-OH is 1. The third kappa shape index (κ3) is 3.85. The maximum absolute atomic E-state index is 13.6. The van der Waals surface area contributed by atoms with Gasteiger partial charge in [0.2, 0.25) is 5.78 Å². The molecule has 0 saturated heterocycles. The first kappa shape index (κ1) is 21.2. The Bertz CT molecular complexity index is 1420. The van der Waals surface area contributed by atoms with Gasteiger partial charge in [-0.1, -0.05) is 51.8 Å². The maximum Gasteiger partial charge on any atom is 0.290 e. The molecule has 1 unspecified atom stereocenters. The van der Waals surface area contributed by atoms with Crippen molar-refractivity contribution in [1.82, 2.24) is 9.88 Å². The van der Waals surface area contributed by atoms with Gasteiger partial charge in [0, 0.05) is 16.1 Å². The molecular weight excluding hydrogens is 484 g/mol. The van der Waals surface area contributed by atoms with Crippen LogP contribution in [0, 0.1) is 6.92 Å². The van der Waals surface area contributed by atoms with Crippen LogP contribution < -0.4 is 0 Å². The van der Waals surface area contributed by atoms with Crippen LogP contribution >= 0.6 is 15.9 Å². The van der Waals surface area contributed by atoms with E-state index in [0.717, 1.165) is 21.0 Å². The minimum atomic E-state index is -0.771. The molecule has 1 amide bonds. The summed E-state index contributed by atoms with van der Waals surface area (Å²) in [7, 11) is 0. The van der Waals surface area contributed by atoms with Crippen molar-refractivity contribution in [2.45, 2.75) is 19.5 Å². The quantitative estimate of drug-likeness (QED) is 0.355. The molecule has 7 heteroatoms. The van der Waals surface area contributed by atoms with E-state index in [1.807, 2.05) is 49.4 Å². The summed E-state index contributed by atoms with van der Waals surface area (Å²) in [6.07, 6.45) is 1.64. The highest BCUT2D eigenvalue weighted by molar-refractivity contribution is 9.10. The lowest BCUT2D eigenvalue weighted by Gasteiger charge is -2.26. The second kappa shape index (κ2) is 8.33. The number of furan rings is 1. The number of nitrogens with zero attached hydrogens (tertiary/aromatic N) is 2. The van der Waals surface area contributed by atoms with Crippen LogP contribution in [0.2, 0.25) is 0 Å². The SMILES string of the molecule is Cc1cccc(C2C(C(=O)c3cc4cc(Br)ccc4o3)=C(O)C(=O)N2Cc2ccccn2)c1. The average molecular weight is 503 g/mol. The smallest absolute Gasteiger partial charge is 0.290 e. The van der Waals surface area contributed by atoms with E-state index in [1.165, 1.54) is 4.90 Å². The number of pyridine rings is 1. The van der Waals surface area contributed by atoms with Crippen LogP contribution in [0.4, 0.5) is 0 Å². The summed E-state index contributed by atoms with van der Waals surface area (Å²) in [6, 6.07) is 19.3. The van der Waals surface area contributed by atoms with Gasteiger partial charge in [-0.15, -0.1) is 0 Å². The van der Waals surface area contributed by atoms with Crippen molar-refractivity contribution in [3.05, 3.63) is 111 Å². The zero-order chi connectivity index (χ0) is 23.1. The zero-order valence-electron chi connectivity index (χ0n) is 17.7. The highest BCUT2D eigenvalue weighted by Gasteiger charge is 2.44. The van der Waals surface area contributed by atoms with Gasteiger partial charge in [0.15, 0.2) is 11.5 Å². The van der Waals surface area contributed by atoms with Crippen LogP contribution in [0.3, 0.4) is 0 Å². The first-order valence-electron chi connectivity index (χ1n) is 10.4. The molecule has 1 aliphatic heterocycles. The van der Waals surface area contributed by atoms with E-state index in [0.29, 0.717) is 11.3 Å². The predicted molar refractivity (Wildman–Crippen MR) is 127 cm³/mol. The Morgan fingerprint density at radius 3 is 2.73 bits per heavy atom. The Morgan fingerprint density at radius 2 is 1.97 bits per heavy atom. The van der Waals surface area contributed by atoms with Crippen LogP contribution in [0.5, 0.6) is 0 Å². The number of halogens is 1. The van der Waals surface area contributed by atoms with Crippen molar-refractivity contribution >= 4 is 38.6 Å². The Balaban J connectivity index is 1.61. The van der Waals surface area contributed by atoms with Crippen LogP contribution in [-0.4, -0.2) is 26.7 Å². The summed E-state index contributed by atoms with van der Waals surface area (Å²) in [4.78, 5) is 32.5. The van der Waals surface area contributed by atoms with Crippen molar-refractivity contribution in [3.8, 4) is 0 Å². The molecule has 0 radical (unpaired) electrons. The summed E-state index contributed by atoms with van der Waals surface area (Å²) in [5.74, 6) is -1.64. The fourth-order valence-electron chi connectivity index (χ4n) is 4.16. The van der Waals surface area contributed by atoms with Crippen LogP contribution in [0.1, 0.15) is 33.4 Å². The Hall–Kier alpha value is -3.71. The van der Waals surface area contributed by atoms with Gasteiger partial charge >= 0.3 is 0 Å². The highest BCUT2D eigenvalue weighted by atomic mass is 79.9. The first-order valence-corrected chi connectivity index (χ1v) is 11.2. The molecule has 0 fully saturated rings. The number of Topliss-reactive ketones (excluding diaryl/α,β-unsaturated/α-hetero) is 1. The molecule has 3 heterocycles. The molecule has 0 bridgehead atoms. The number of hydrogen-bond acceptors (Lipinski definition) is 5. The summed E-state index contributed by atoms with van der Waals surface area (Å²) in [5, 5.41) is 11.6. The van der Waals surface area contributed by atoms with E-state index in [-0.39, 0.29) is 17.9 Å². The number of aliphatic hydroxyl groups is 1. The van der Waals surface area contributed by atoms with E-state index in [4.69, 9.17) is 4.42 Å². The molecule has 1 N–H and O–H groups in total. The second-order valence-electron chi connectivity index (χ2n) is 7.96. The first-order chi connectivity index (χ1) is 15.9. The fraction of sp³-hybridized carbons (Fsp3) is 0.115. The Kier molecular flexibility index (Phi) is 5.34. The largest absolute Gasteiger partial charge is 0.503 e. The summed E-state index contributed by atoms with van der Waals surface area (Å²) in [5.41, 5.74) is 2.90. The number of aromatic nitrogens is 1. The maximum atomic E-state index is 13.6. The molecule has 2 aromatic carbocycles. The van der Waals surface area contributed by atoms with Crippen molar-refractivity contribution in [3.63, 3.8) is 0 Å². The van der Waals surface area contributed by atoms with Gasteiger partial charge in [0.1, 0.15) is 5.58 Å². The van der Waals surface area contributed by atoms with Crippen LogP contribution in [-0.2, 0) is 11.3 Å². The monoisotopic (exact) mass is 502 g/mol. The molecule has 164 valence electrons. The third-order valence-electron chi connectivity index (χ3n) is 5.67. The molecule has 5 rings (SSSR count). The number of carbonyl (C=O) groups excluding carboxylic acids is 2. The molecule has 1 atom stereocenters. The van der Waals surface area contributed by atoms with Gasteiger partial charge < -0.3 is 14.4 Å². The number of rotatable bonds is 5. The number of benzene rings is 2. The topological polar surface area (TPSA) is 83.6 Å². The lowest BCUT2D eigenvalue weighted by atomic mass is 9.94. The molecule has 0 spiro atoms. The van der Waals surface area contributed by atoms with E-state index < -0.39 is 23.5 Å². The van der Waals surface area contributed by atoms with Crippen molar-refractivity contribution < 1.29 is 19.1 Å². The molecule has 2 aromatic heterocycles. The summed E-state index contributed by atoms with van der Waals surface area (Å²) >= 11 is 3.42. The van der Waals surface area contributed by atoms with E-state index >= 15 is 0 Å². The number of hydrogen-bond donors (Lipinski definition) is 1. The lowest BCUT2D eigenvalue weighted by Crippen LogP contribution is -2.31. The normalized spacial score (nSPS) is 16.1. The van der Waals surface area contributed by atoms with Gasteiger partial charge in [-0.2, -0.15) is 0 Å². The fourth-order valence-corrected chi connectivity index (χ4v) is 4.54. The zero-order valence-corrected chi connectivity index (χ0v) is 19.2. The number of ketones is 1. The summed E-state index contributed by atoms with van der Waals surface area (Å²) < 4.78 is 6.64. The van der Waals surface area contributed by atoms with Crippen LogP contribution in [0.25, 0.3) is 11.0 Å². The molecule has 0 saturated carbocycles. The minimum Gasteiger partial charge on any atom is -0.503 e. The molecule has 4 aromatic rings. The van der Waals surface area contributed by atoms with Crippen molar-refractivity contribution in [1.29, 1.82) is 0 Å². The Morgan fingerprint density at radius 1 is 1.12 bits per heavy atom. The summed E-state index contributed by atoms with van der Waals surface area (Å²) in [6.45, 7) is 2.08. The van der Waals surface area contributed by atoms with Gasteiger partial charge in [0.05, 0.1) is 23.9 Å². The number of aryl methyl sites for hydroxylation is 1. The average Bonchev–Trinajstić information content (AvgIpc) is 3.33. The second-order valence-corrected chi connectivity index (χ2v) is 8.87. The standard InChI is InChI=1S/C26H19BrN2O4/c1-15-5-4-6-16(11-15)23-22(24(30)21-13-17-12-18(27)8-9-20(17)33-21)25(31)26(32)29(23)14-19-7-2-3-10-28-19/h2-13,23,31H,14H2,1H3. The number of amides is 1. The number of fused-ring (bicyclic) bond motifs is 1. The minimum absolute atomic E-state index is 0.000321. The Labute approximate surface area is 198 Å². The molecule has 6 nitrogen and oxygen atoms in total. The third-order valence-corrected chi connectivity index (χ3v) is 6.16. The van der Waals surface area contributed by atoms with Gasteiger partial charge in [0.25, 0.3) is 5.91 Å².